The Balaban J connectivity index is 2.96. The van der Waals surface area contributed by atoms with Crippen LogP contribution in [0.3, 0.4) is 0 Å². The second-order valence-corrected chi connectivity index (χ2v) is 3.95. The molecule has 0 radical (unpaired) electrons. The van der Waals surface area contributed by atoms with Gasteiger partial charge in [-0.05, 0) is 17.9 Å². The maximum absolute atomic E-state index is 10.5. The van der Waals surface area contributed by atoms with Crippen LogP contribution in [0.1, 0.15) is 27.2 Å². The van der Waals surface area contributed by atoms with E-state index in [1.165, 1.54) is 0 Å². The molecule has 0 atom stereocenters. The van der Waals surface area contributed by atoms with E-state index in [0.717, 1.165) is 5.57 Å². The smallest absolute Gasteiger partial charge is 0.247 e. The van der Waals surface area contributed by atoms with Crippen molar-refractivity contribution in [2.24, 2.45) is 5.41 Å². The lowest BCUT2D eigenvalue weighted by Crippen LogP contribution is -2.16. The molecule has 0 aromatic heterocycles. The van der Waals surface area contributed by atoms with Crippen molar-refractivity contribution in [3.63, 3.8) is 0 Å². The van der Waals surface area contributed by atoms with Crippen LogP contribution >= 0.6 is 0 Å². The van der Waals surface area contributed by atoms with Crippen molar-refractivity contribution in [2.75, 3.05) is 0 Å². The van der Waals surface area contributed by atoms with E-state index in [2.05, 4.69) is 6.08 Å². The first-order valence-corrected chi connectivity index (χ1v) is 3.95. The third-order valence-electron chi connectivity index (χ3n) is 1.88. The molecular formula is C9H13NO2. The normalized spacial score (nSPS) is 21.2. The standard InChI is InChI=1S/C9H13NO2/c1-7-4-8(10(11)12)6-9(2,3)5-7/h4-5H,6H2,1-3H3. The maximum Gasteiger partial charge on any atom is 0.247 e. The first-order valence-electron chi connectivity index (χ1n) is 3.95. The Morgan fingerprint density at radius 3 is 2.58 bits per heavy atom. The molecule has 0 saturated heterocycles. The summed E-state index contributed by atoms with van der Waals surface area (Å²) >= 11 is 0. The molecule has 12 heavy (non-hydrogen) atoms. The number of nitro groups is 1. The molecule has 3 heteroatoms. The monoisotopic (exact) mass is 167 g/mol. The Bertz CT molecular complexity index is 274. The number of hydrogen-bond donors (Lipinski definition) is 0. The zero-order valence-electron chi connectivity index (χ0n) is 7.63. The summed E-state index contributed by atoms with van der Waals surface area (Å²) in [4.78, 5) is 10.2. The van der Waals surface area contributed by atoms with Gasteiger partial charge < -0.3 is 0 Å². The molecule has 0 aromatic carbocycles. The SMILES string of the molecule is CC1=CC(C)(C)CC([N+](=O)[O-])=C1. The molecule has 0 aliphatic heterocycles. The second kappa shape index (κ2) is 2.73. The van der Waals surface area contributed by atoms with E-state index < -0.39 is 0 Å². The Labute approximate surface area is 71.9 Å². The quantitative estimate of drug-likeness (QED) is 0.445. The van der Waals surface area contributed by atoms with Gasteiger partial charge in [-0.1, -0.05) is 19.9 Å². The summed E-state index contributed by atoms with van der Waals surface area (Å²) in [7, 11) is 0. The van der Waals surface area contributed by atoms with Crippen LogP contribution in [0.5, 0.6) is 0 Å². The average Bonchev–Trinajstić information content (AvgIpc) is 1.82. The highest BCUT2D eigenvalue weighted by molar-refractivity contribution is 5.26. The second-order valence-electron chi connectivity index (χ2n) is 3.95. The fraction of sp³-hybridized carbons (Fsp3) is 0.556. The minimum absolute atomic E-state index is 0.0682. The van der Waals surface area contributed by atoms with Gasteiger partial charge in [0.2, 0.25) is 5.70 Å². The van der Waals surface area contributed by atoms with Gasteiger partial charge in [-0.2, -0.15) is 0 Å². The first-order chi connectivity index (χ1) is 5.41. The summed E-state index contributed by atoms with van der Waals surface area (Å²) in [6.45, 7) is 5.91. The van der Waals surface area contributed by atoms with Gasteiger partial charge >= 0.3 is 0 Å². The van der Waals surface area contributed by atoms with Crippen LogP contribution in [0.2, 0.25) is 0 Å². The van der Waals surface area contributed by atoms with Gasteiger partial charge in [0.1, 0.15) is 0 Å². The topological polar surface area (TPSA) is 43.1 Å². The molecule has 0 fully saturated rings. The lowest BCUT2D eigenvalue weighted by atomic mass is 9.82. The van der Waals surface area contributed by atoms with Crippen molar-refractivity contribution in [3.05, 3.63) is 33.5 Å². The molecule has 1 aliphatic rings. The minimum Gasteiger partial charge on any atom is -0.259 e. The highest BCUT2D eigenvalue weighted by atomic mass is 16.6. The summed E-state index contributed by atoms with van der Waals surface area (Å²) in [5, 5.41) is 10.5. The van der Waals surface area contributed by atoms with Crippen LogP contribution in [0.4, 0.5) is 0 Å². The fourth-order valence-corrected chi connectivity index (χ4v) is 1.61. The molecule has 66 valence electrons. The zero-order chi connectivity index (χ0) is 9.35. The Hall–Kier alpha value is -1.12. The number of rotatable bonds is 1. The molecule has 3 nitrogen and oxygen atoms in total. The van der Waals surface area contributed by atoms with Crippen LogP contribution in [0, 0.1) is 15.5 Å². The van der Waals surface area contributed by atoms with Crippen molar-refractivity contribution in [2.45, 2.75) is 27.2 Å². The van der Waals surface area contributed by atoms with Crippen LogP contribution < -0.4 is 0 Å². The van der Waals surface area contributed by atoms with Crippen molar-refractivity contribution in [3.8, 4) is 0 Å². The van der Waals surface area contributed by atoms with E-state index in [9.17, 15) is 10.1 Å². The number of nitrogens with zero attached hydrogens (tertiary/aromatic N) is 1. The predicted molar refractivity (Wildman–Crippen MR) is 47.2 cm³/mol. The van der Waals surface area contributed by atoms with Crippen LogP contribution in [0.15, 0.2) is 23.4 Å². The van der Waals surface area contributed by atoms with E-state index in [1.807, 2.05) is 20.8 Å². The summed E-state index contributed by atoms with van der Waals surface area (Å²) in [5.74, 6) is 0. The number of allylic oxidation sites excluding steroid dienone is 4. The summed E-state index contributed by atoms with van der Waals surface area (Å²) in [6, 6.07) is 0. The van der Waals surface area contributed by atoms with Crippen molar-refractivity contribution < 1.29 is 4.92 Å². The van der Waals surface area contributed by atoms with Gasteiger partial charge in [0.25, 0.3) is 0 Å². The third-order valence-corrected chi connectivity index (χ3v) is 1.88. The fourth-order valence-electron chi connectivity index (χ4n) is 1.61. The van der Waals surface area contributed by atoms with Gasteiger partial charge in [0.05, 0.1) is 4.92 Å². The average molecular weight is 167 g/mol. The van der Waals surface area contributed by atoms with Gasteiger partial charge in [0, 0.05) is 12.5 Å². The molecule has 0 unspecified atom stereocenters. The van der Waals surface area contributed by atoms with E-state index in [-0.39, 0.29) is 10.3 Å². The molecule has 0 aromatic rings. The Morgan fingerprint density at radius 1 is 1.58 bits per heavy atom. The van der Waals surface area contributed by atoms with Gasteiger partial charge in [-0.3, -0.25) is 10.1 Å². The summed E-state index contributed by atoms with van der Waals surface area (Å²) in [6.07, 6.45) is 4.24. The Morgan fingerprint density at radius 2 is 2.17 bits per heavy atom. The molecule has 0 N–H and O–H groups in total. The van der Waals surface area contributed by atoms with E-state index in [4.69, 9.17) is 0 Å². The van der Waals surface area contributed by atoms with Crippen molar-refractivity contribution in [1.82, 2.24) is 0 Å². The highest BCUT2D eigenvalue weighted by Crippen LogP contribution is 2.32. The number of hydrogen-bond acceptors (Lipinski definition) is 2. The lowest BCUT2D eigenvalue weighted by molar-refractivity contribution is -0.429. The van der Waals surface area contributed by atoms with Crippen LogP contribution in [0.25, 0.3) is 0 Å². The van der Waals surface area contributed by atoms with Gasteiger partial charge in [0.15, 0.2) is 0 Å². The Kier molecular flexibility index (Phi) is 2.04. The minimum atomic E-state index is -0.293. The van der Waals surface area contributed by atoms with Crippen LogP contribution in [-0.2, 0) is 0 Å². The zero-order valence-corrected chi connectivity index (χ0v) is 7.63. The predicted octanol–water partition coefficient (Wildman–Crippen LogP) is 2.52. The molecule has 0 spiro atoms. The van der Waals surface area contributed by atoms with Gasteiger partial charge in [-0.15, -0.1) is 0 Å². The third kappa shape index (κ3) is 1.94. The van der Waals surface area contributed by atoms with Crippen molar-refractivity contribution in [1.29, 1.82) is 0 Å². The van der Waals surface area contributed by atoms with E-state index >= 15 is 0 Å². The molecule has 0 saturated carbocycles. The molecule has 1 rings (SSSR count). The summed E-state index contributed by atoms with van der Waals surface area (Å²) < 4.78 is 0. The largest absolute Gasteiger partial charge is 0.259 e. The molecule has 0 amide bonds. The van der Waals surface area contributed by atoms with E-state index in [1.54, 1.807) is 6.08 Å². The molecule has 0 bridgehead atoms. The van der Waals surface area contributed by atoms with Crippen LogP contribution in [-0.4, -0.2) is 4.92 Å². The first kappa shape index (κ1) is 8.97. The lowest BCUT2D eigenvalue weighted by Gasteiger charge is -2.22. The molecular weight excluding hydrogens is 154 g/mol. The van der Waals surface area contributed by atoms with Gasteiger partial charge in [-0.25, -0.2) is 0 Å². The maximum atomic E-state index is 10.5. The van der Waals surface area contributed by atoms with E-state index in [0.29, 0.717) is 12.1 Å². The highest BCUT2D eigenvalue weighted by Gasteiger charge is 2.27. The molecule has 0 heterocycles. The van der Waals surface area contributed by atoms with Crippen molar-refractivity contribution >= 4 is 0 Å². The summed E-state index contributed by atoms with van der Waals surface area (Å²) in [5.41, 5.74) is 1.24. The molecule has 1 aliphatic carbocycles.